The Labute approximate surface area is 113 Å². The maximum absolute atomic E-state index is 13.4. The Morgan fingerprint density at radius 1 is 1.00 bits per heavy atom. The summed E-state index contributed by atoms with van der Waals surface area (Å²) in [6, 6.07) is 9.39. The fraction of sp³-hybridized carbons (Fsp3) is 0.294. The SMILES string of the molecule is Cc1cc(C)c(CCO)c(-c2ccc(F)c(C)c2)c1. The molecule has 1 nitrogen and oxygen atoms in total. The van der Waals surface area contributed by atoms with Gasteiger partial charge in [-0.05, 0) is 67.1 Å². The van der Waals surface area contributed by atoms with Crippen molar-refractivity contribution < 1.29 is 9.50 Å². The maximum atomic E-state index is 13.4. The summed E-state index contributed by atoms with van der Waals surface area (Å²) < 4.78 is 13.4. The van der Waals surface area contributed by atoms with Gasteiger partial charge < -0.3 is 5.11 Å². The lowest BCUT2D eigenvalue weighted by atomic mass is 9.91. The van der Waals surface area contributed by atoms with Crippen molar-refractivity contribution in [2.45, 2.75) is 27.2 Å². The average molecular weight is 258 g/mol. The molecule has 1 N–H and O–H groups in total. The monoisotopic (exact) mass is 258 g/mol. The van der Waals surface area contributed by atoms with Crippen LogP contribution < -0.4 is 0 Å². The summed E-state index contributed by atoms with van der Waals surface area (Å²) in [7, 11) is 0. The molecule has 2 aromatic carbocycles. The van der Waals surface area contributed by atoms with Crippen molar-refractivity contribution in [1.82, 2.24) is 0 Å². The second-order valence-corrected chi connectivity index (χ2v) is 5.05. The number of aryl methyl sites for hydroxylation is 3. The van der Waals surface area contributed by atoms with Gasteiger partial charge in [-0.3, -0.25) is 0 Å². The first kappa shape index (κ1) is 13.8. The van der Waals surface area contributed by atoms with Gasteiger partial charge in [0.2, 0.25) is 0 Å². The first-order valence-electron chi connectivity index (χ1n) is 6.50. The van der Waals surface area contributed by atoms with Crippen LogP contribution in [0.3, 0.4) is 0 Å². The van der Waals surface area contributed by atoms with Crippen LogP contribution in [-0.2, 0) is 6.42 Å². The third-order valence-electron chi connectivity index (χ3n) is 3.45. The Hall–Kier alpha value is -1.67. The topological polar surface area (TPSA) is 20.2 Å². The van der Waals surface area contributed by atoms with Gasteiger partial charge in [0, 0.05) is 6.61 Å². The Kier molecular flexibility index (Phi) is 4.01. The molecule has 0 aliphatic heterocycles. The van der Waals surface area contributed by atoms with E-state index < -0.39 is 0 Å². The lowest BCUT2D eigenvalue weighted by molar-refractivity contribution is 0.299. The van der Waals surface area contributed by atoms with Crippen LogP contribution in [0.2, 0.25) is 0 Å². The third-order valence-corrected chi connectivity index (χ3v) is 3.45. The molecule has 2 heteroatoms. The average Bonchev–Trinajstić information content (AvgIpc) is 2.36. The summed E-state index contributed by atoms with van der Waals surface area (Å²) in [4.78, 5) is 0. The molecule has 100 valence electrons. The number of benzene rings is 2. The highest BCUT2D eigenvalue weighted by Crippen LogP contribution is 2.29. The quantitative estimate of drug-likeness (QED) is 0.883. The standard InChI is InChI=1S/C17H19FO/c1-11-8-12(2)15(6-7-19)16(9-11)14-4-5-17(18)13(3)10-14/h4-5,8-10,19H,6-7H2,1-3H3. The summed E-state index contributed by atoms with van der Waals surface area (Å²) in [6.07, 6.45) is 0.623. The Morgan fingerprint density at radius 3 is 2.37 bits per heavy atom. The Balaban J connectivity index is 2.62. The van der Waals surface area contributed by atoms with Crippen LogP contribution in [0.15, 0.2) is 30.3 Å². The van der Waals surface area contributed by atoms with E-state index in [0.717, 1.165) is 16.7 Å². The number of hydrogen-bond donors (Lipinski definition) is 1. The molecule has 0 amide bonds. The van der Waals surface area contributed by atoms with E-state index in [0.29, 0.717) is 12.0 Å². The molecule has 0 spiro atoms. The Bertz CT molecular complexity index is 602. The number of halogens is 1. The summed E-state index contributed by atoms with van der Waals surface area (Å²) in [5.74, 6) is -0.183. The van der Waals surface area contributed by atoms with Crippen molar-refractivity contribution >= 4 is 0 Å². The zero-order valence-electron chi connectivity index (χ0n) is 11.6. The van der Waals surface area contributed by atoms with E-state index >= 15 is 0 Å². The van der Waals surface area contributed by atoms with Crippen molar-refractivity contribution in [2.75, 3.05) is 6.61 Å². The molecule has 19 heavy (non-hydrogen) atoms. The molecule has 2 rings (SSSR count). The lowest BCUT2D eigenvalue weighted by Gasteiger charge is -2.14. The number of hydrogen-bond acceptors (Lipinski definition) is 1. The minimum absolute atomic E-state index is 0.122. The van der Waals surface area contributed by atoms with Gasteiger partial charge in [-0.15, -0.1) is 0 Å². The smallest absolute Gasteiger partial charge is 0.126 e. The van der Waals surface area contributed by atoms with Crippen LogP contribution in [0, 0.1) is 26.6 Å². The van der Waals surface area contributed by atoms with E-state index in [-0.39, 0.29) is 12.4 Å². The fourth-order valence-electron chi connectivity index (χ4n) is 2.51. The molecule has 0 bridgehead atoms. The molecule has 0 heterocycles. The van der Waals surface area contributed by atoms with E-state index in [1.54, 1.807) is 13.0 Å². The van der Waals surface area contributed by atoms with Gasteiger partial charge in [0.25, 0.3) is 0 Å². The highest BCUT2D eigenvalue weighted by molar-refractivity contribution is 5.70. The summed E-state index contributed by atoms with van der Waals surface area (Å²) in [6.45, 7) is 6.00. The third kappa shape index (κ3) is 2.85. The maximum Gasteiger partial charge on any atom is 0.126 e. The van der Waals surface area contributed by atoms with Crippen molar-refractivity contribution in [1.29, 1.82) is 0 Å². The van der Waals surface area contributed by atoms with Crippen LogP contribution in [0.1, 0.15) is 22.3 Å². The molecule has 0 fully saturated rings. The predicted molar refractivity (Wildman–Crippen MR) is 76.8 cm³/mol. The van der Waals surface area contributed by atoms with Crippen molar-refractivity contribution in [2.24, 2.45) is 0 Å². The van der Waals surface area contributed by atoms with Crippen molar-refractivity contribution in [3.63, 3.8) is 0 Å². The molecule has 0 saturated heterocycles. The second kappa shape index (κ2) is 5.54. The predicted octanol–water partition coefficient (Wildman–Crippen LogP) is 3.95. The van der Waals surface area contributed by atoms with Crippen LogP contribution >= 0.6 is 0 Å². The van der Waals surface area contributed by atoms with Crippen LogP contribution in [-0.4, -0.2) is 11.7 Å². The minimum atomic E-state index is -0.183. The molecule has 0 radical (unpaired) electrons. The van der Waals surface area contributed by atoms with Gasteiger partial charge in [-0.2, -0.15) is 0 Å². The molecule has 0 atom stereocenters. The molecule has 0 unspecified atom stereocenters. The fourth-order valence-corrected chi connectivity index (χ4v) is 2.51. The van der Waals surface area contributed by atoms with Crippen LogP contribution in [0.4, 0.5) is 4.39 Å². The largest absolute Gasteiger partial charge is 0.396 e. The van der Waals surface area contributed by atoms with Gasteiger partial charge in [0.1, 0.15) is 5.82 Å². The molecule has 0 aliphatic rings. The number of aliphatic hydroxyl groups excluding tert-OH is 1. The van der Waals surface area contributed by atoms with Gasteiger partial charge in [-0.25, -0.2) is 4.39 Å². The molecule has 0 saturated carbocycles. The lowest BCUT2D eigenvalue weighted by Crippen LogP contribution is -1.99. The molecular weight excluding hydrogens is 239 g/mol. The highest BCUT2D eigenvalue weighted by Gasteiger charge is 2.10. The zero-order chi connectivity index (χ0) is 14.0. The summed E-state index contributed by atoms with van der Waals surface area (Å²) >= 11 is 0. The minimum Gasteiger partial charge on any atom is -0.396 e. The second-order valence-electron chi connectivity index (χ2n) is 5.05. The summed E-state index contributed by atoms with van der Waals surface area (Å²) in [5.41, 5.74) is 6.23. The first-order valence-corrected chi connectivity index (χ1v) is 6.50. The molecule has 2 aromatic rings. The van der Waals surface area contributed by atoms with Gasteiger partial charge >= 0.3 is 0 Å². The van der Waals surface area contributed by atoms with Gasteiger partial charge in [0.15, 0.2) is 0 Å². The normalized spacial score (nSPS) is 10.8. The van der Waals surface area contributed by atoms with Crippen LogP contribution in [0.5, 0.6) is 0 Å². The molecule has 0 aliphatic carbocycles. The van der Waals surface area contributed by atoms with Crippen molar-refractivity contribution in [3.8, 4) is 11.1 Å². The van der Waals surface area contributed by atoms with Crippen molar-refractivity contribution in [3.05, 3.63) is 58.4 Å². The molecular formula is C17H19FO. The number of rotatable bonds is 3. The van der Waals surface area contributed by atoms with E-state index in [9.17, 15) is 9.50 Å². The van der Waals surface area contributed by atoms with E-state index in [1.165, 1.54) is 17.2 Å². The van der Waals surface area contributed by atoms with Crippen LogP contribution in [0.25, 0.3) is 11.1 Å². The highest BCUT2D eigenvalue weighted by atomic mass is 19.1. The zero-order valence-corrected chi connectivity index (χ0v) is 11.6. The number of aliphatic hydroxyl groups is 1. The summed E-state index contributed by atoms with van der Waals surface area (Å²) in [5, 5.41) is 9.22. The van der Waals surface area contributed by atoms with Gasteiger partial charge in [0.05, 0.1) is 0 Å². The van der Waals surface area contributed by atoms with E-state index in [4.69, 9.17) is 0 Å². The van der Waals surface area contributed by atoms with Gasteiger partial charge in [-0.1, -0.05) is 23.8 Å². The van der Waals surface area contributed by atoms with E-state index in [1.807, 2.05) is 6.07 Å². The van der Waals surface area contributed by atoms with E-state index in [2.05, 4.69) is 26.0 Å². The molecule has 0 aromatic heterocycles. The first-order chi connectivity index (χ1) is 9.02. The Morgan fingerprint density at radius 2 is 1.74 bits per heavy atom.